The molecule has 1 unspecified atom stereocenters. The predicted molar refractivity (Wildman–Crippen MR) is 114 cm³/mol. The monoisotopic (exact) mass is 425 g/mol. The van der Waals surface area contributed by atoms with Crippen LogP contribution in [0.2, 0.25) is 0 Å². The number of methoxy groups -OCH3 is 1. The summed E-state index contributed by atoms with van der Waals surface area (Å²) in [6.45, 7) is 11.5. The van der Waals surface area contributed by atoms with Crippen LogP contribution in [0.3, 0.4) is 0 Å². The molecule has 0 aliphatic carbocycles. The summed E-state index contributed by atoms with van der Waals surface area (Å²) in [6, 6.07) is 0. The van der Waals surface area contributed by atoms with Crippen LogP contribution in [0.5, 0.6) is 0 Å². The number of hydrogen-bond acceptors (Lipinski definition) is 8. The zero-order valence-electron chi connectivity index (χ0n) is 17.9. The Balaban J connectivity index is 2.26. The molecule has 0 aromatic carbocycles. The molecule has 0 radical (unpaired) electrons. The van der Waals surface area contributed by atoms with Gasteiger partial charge >= 0.3 is 5.97 Å². The zero-order valence-corrected chi connectivity index (χ0v) is 18.8. The average Bonchev–Trinajstić information content (AvgIpc) is 2.95. The van der Waals surface area contributed by atoms with Gasteiger partial charge in [0, 0.05) is 13.1 Å². The van der Waals surface area contributed by atoms with Gasteiger partial charge in [-0.15, -0.1) is 11.3 Å². The lowest BCUT2D eigenvalue weighted by Gasteiger charge is -2.26. The molecule has 0 bridgehead atoms. The Morgan fingerprint density at radius 1 is 1.28 bits per heavy atom. The van der Waals surface area contributed by atoms with Gasteiger partial charge in [0.05, 0.1) is 37.9 Å². The lowest BCUT2D eigenvalue weighted by Crippen LogP contribution is -2.38. The van der Waals surface area contributed by atoms with E-state index in [9.17, 15) is 14.7 Å². The first kappa shape index (κ1) is 23.5. The smallest absolute Gasteiger partial charge is 0.348 e. The van der Waals surface area contributed by atoms with Crippen LogP contribution in [-0.2, 0) is 16.0 Å². The van der Waals surface area contributed by atoms with Crippen LogP contribution in [-0.4, -0.2) is 65.0 Å². The molecule has 0 saturated carbocycles. The van der Waals surface area contributed by atoms with Gasteiger partial charge in [-0.05, 0) is 32.3 Å². The third-order valence-electron chi connectivity index (χ3n) is 4.31. The fourth-order valence-corrected chi connectivity index (χ4v) is 4.26. The van der Waals surface area contributed by atoms with Crippen molar-refractivity contribution in [3.63, 3.8) is 0 Å². The molecule has 0 aliphatic rings. The molecule has 0 aliphatic heterocycles. The fourth-order valence-electron chi connectivity index (χ4n) is 3.14. The molecule has 0 saturated heterocycles. The molecule has 2 rings (SSSR count). The van der Waals surface area contributed by atoms with Crippen molar-refractivity contribution in [1.29, 1.82) is 0 Å². The second-order valence-corrected chi connectivity index (χ2v) is 8.86. The quantitative estimate of drug-likeness (QED) is 0.563. The highest BCUT2D eigenvalue weighted by molar-refractivity contribution is 7.20. The highest BCUT2D eigenvalue weighted by atomic mass is 32.1. The molecule has 0 spiro atoms. The van der Waals surface area contributed by atoms with Gasteiger partial charge in [-0.1, -0.05) is 13.8 Å². The number of aromatic nitrogens is 2. The molecule has 29 heavy (non-hydrogen) atoms. The summed E-state index contributed by atoms with van der Waals surface area (Å²) in [6.07, 6.45) is -0.587. The number of nitrogens with one attached hydrogen (secondary N) is 1. The summed E-state index contributed by atoms with van der Waals surface area (Å²) < 4.78 is 10.3. The van der Waals surface area contributed by atoms with Crippen molar-refractivity contribution in [2.75, 3.05) is 26.8 Å². The normalized spacial score (nSPS) is 13.0. The third-order valence-corrected chi connectivity index (χ3v) is 5.47. The van der Waals surface area contributed by atoms with Gasteiger partial charge in [0.15, 0.2) is 0 Å². The number of carbonyl (C=O) groups excluding carboxylic acids is 1. The van der Waals surface area contributed by atoms with E-state index in [1.54, 1.807) is 6.92 Å². The number of carbonyl (C=O) groups is 1. The number of aliphatic hydroxyl groups is 1. The maximum atomic E-state index is 12.6. The Morgan fingerprint density at radius 2 is 1.97 bits per heavy atom. The van der Waals surface area contributed by atoms with Gasteiger partial charge in [0.1, 0.15) is 15.5 Å². The largest absolute Gasteiger partial charge is 0.465 e. The second-order valence-electron chi connectivity index (χ2n) is 7.86. The van der Waals surface area contributed by atoms with Gasteiger partial charge in [-0.3, -0.25) is 9.69 Å². The van der Waals surface area contributed by atoms with Crippen LogP contribution in [0.1, 0.15) is 48.8 Å². The first-order valence-electron chi connectivity index (χ1n) is 9.75. The first-order valence-corrected chi connectivity index (χ1v) is 10.6. The molecule has 162 valence electrons. The van der Waals surface area contributed by atoms with Crippen molar-refractivity contribution in [3.8, 4) is 0 Å². The second kappa shape index (κ2) is 10.3. The minimum absolute atomic E-state index is 0.0507. The fraction of sp³-hybridized carbons (Fsp3) is 0.650. The molecule has 2 aromatic heterocycles. The summed E-state index contributed by atoms with van der Waals surface area (Å²) in [5.74, 6) is 0.400. The number of esters is 1. The van der Waals surface area contributed by atoms with Gasteiger partial charge in [-0.25, -0.2) is 9.78 Å². The van der Waals surface area contributed by atoms with Gasteiger partial charge in [0.25, 0.3) is 5.56 Å². The minimum Gasteiger partial charge on any atom is -0.465 e. The van der Waals surface area contributed by atoms with E-state index in [4.69, 9.17) is 9.47 Å². The molecule has 2 heterocycles. The van der Waals surface area contributed by atoms with Crippen LogP contribution in [0.15, 0.2) is 4.79 Å². The maximum absolute atomic E-state index is 12.6. The number of rotatable bonds is 10. The number of nitrogens with zero attached hydrogens (tertiary/aromatic N) is 2. The Hall–Kier alpha value is -1.81. The number of hydrogen-bond donors (Lipinski definition) is 2. The molecule has 2 aromatic rings. The summed E-state index contributed by atoms with van der Waals surface area (Å²) in [5, 5.41) is 10.7. The average molecular weight is 426 g/mol. The van der Waals surface area contributed by atoms with E-state index in [0.717, 1.165) is 17.9 Å². The Kier molecular flexibility index (Phi) is 8.33. The topological polar surface area (TPSA) is 105 Å². The van der Waals surface area contributed by atoms with E-state index in [1.165, 1.54) is 7.11 Å². The summed E-state index contributed by atoms with van der Waals surface area (Å²) in [7, 11) is 1.31. The van der Waals surface area contributed by atoms with Gasteiger partial charge < -0.3 is 19.6 Å². The summed E-state index contributed by atoms with van der Waals surface area (Å²) in [4.78, 5) is 34.9. The SMILES string of the molecule is COC(=O)c1sc2nc(CN(CC(C)C)CC(O)COC(C)C)[nH]c(=O)c2c1C. The third kappa shape index (κ3) is 6.33. The standard InChI is InChI=1S/C20H31N3O5S/c1-11(2)7-23(8-14(24)10-28-12(3)4)9-15-21-18(25)16-13(5)17(20(26)27-6)29-19(16)22-15/h11-12,14,24H,7-10H2,1-6H3,(H,21,22,25). The van der Waals surface area contributed by atoms with E-state index >= 15 is 0 Å². The van der Waals surface area contributed by atoms with Crippen molar-refractivity contribution < 1.29 is 19.4 Å². The van der Waals surface area contributed by atoms with E-state index in [2.05, 4.69) is 23.8 Å². The van der Waals surface area contributed by atoms with Crippen molar-refractivity contribution >= 4 is 27.5 Å². The van der Waals surface area contributed by atoms with E-state index in [-0.39, 0.29) is 18.3 Å². The molecule has 9 heteroatoms. The van der Waals surface area contributed by atoms with Gasteiger partial charge in [-0.2, -0.15) is 0 Å². The lowest BCUT2D eigenvalue weighted by atomic mass is 10.2. The zero-order chi connectivity index (χ0) is 21.7. The Labute approximate surface area is 174 Å². The molecular weight excluding hydrogens is 394 g/mol. The molecule has 1 atom stereocenters. The van der Waals surface area contributed by atoms with Gasteiger partial charge in [0.2, 0.25) is 0 Å². The Morgan fingerprint density at radius 3 is 2.55 bits per heavy atom. The molecule has 2 N–H and O–H groups in total. The predicted octanol–water partition coefficient (Wildman–Crippen LogP) is 2.32. The molecule has 0 fully saturated rings. The molecular formula is C20H31N3O5S. The number of ether oxygens (including phenoxy) is 2. The number of fused-ring (bicyclic) bond motifs is 1. The lowest BCUT2D eigenvalue weighted by molar-refractivity contribution is -0.0111. The van der Waals surface area contributed by atoms with E-state index in [0.29, 0.717) is 45.5 Å². The van der Waals surface area contributed by atoms with Crippen LogP contribution in [0.4, 0.5) is 0 Å². The first-order chi connectivity index (χ1) is 13.6. The van der Waals surface area contributed by atoms with Crippen molar-refractivity contribution in [2.24, 2.45) is 5.92 Å². The minimum atomic E-state index is -0.637. The van der Waals surface area contributed by atoms with E-state index in [1.807, 2.05) is 18.7 Å². The highest BCUT2D eigenvalue weighted by Crippen LogP contribution is 2.27. The van der Waals surface area contributed by atoms with Crippen LogP contribution >= 0.6 is 11.3 Å². The number of aryl methyl sites for hydroxylation is 1. The molecule has 0 amide bonds. The van der Waals surface area contributed by atoms with Crippen LogP contribution < -0.4 is 5.56 Å². The summed E-state index contributed by atoms with van der Waals surface area (Å²) in [5.41, 5.74) is 0.305. The van der Waals surface area contributed by atoms with Crippen molar-refractivity contribution in [2.45, 2.75) is 53.4 Å². The number of aliphatic hydroxyl groups excluding tert-OH is 1. The van der Waals surface area contributed by atoms with Crippen molar-refractivity contribution in [1.82, 2.24) is 14.9 Å². The Bertz CT molecular complexity index is 890. The summed E-state index contributed by atoms with van der Waals surface area (Å²) >= 11 is 1.16. The van der Waals surface area contributed by atoms with Crippen LogP contribution in [0.25, 0.3) is 10.2 Å². The number of H-pyrrole nitrogens is 1. The van der Waals surface area contributed by atoms with Crippen molar-refractivity contribution in [3.05, 3.63) is 26.6 Å². The number of aromatic amines is 1. The van der Waals surface area contributed by atoms with E-state index < -0.39 is 12.1 Å². The van der Waals surface area contributed by atoms with Crippen LogP contribution in [0, 0.1) is 12.8 Å². The highest BCUT2D eigenvalue weighted by Gasteiger charge is 2.21. The molecule has 8 nitrogen and oxygen atoms in total. The number of thiophene rings is 1. The maximum Gasteiger partial charge on any atom is 0.348 e.